The van der Waals surface area contributed by atoms with E-state index >= 15 is 0 Å². The van der Waals surface area contributed by atoms with Crippen molar-refractivity contribution >= 4 is 58.6 Å². The van der Waals surface area contributed by atoms with Crippen molar-refractivity contribution in [3.63, 3.8) is 0 Å². The number of halogens is 4. The fraction of sp³-hybridized carbons (Fsp3) is 0.267. The number of ether oxygens (including phenoxy) is 1. The highest BCUT2D eigenvalue weighted by Gasteiger charge is 2.45. The zero-order valence-corrected chi connectivity index (χ0v) is 26.7. The molecule has 2 aromatic carbocycles. The van der Waals surface area contributed by atoms with Crippen LogP contribution >= 0.6 is 11.6 Å². The summed E-state index contributed by atoms with van der Waals surface area (Å²) in [6, 6.07) is 10.4. The maximum absolute atomic E-state index is 12.9. The van der Waals surface area contributed by atoms with E-state index in [2.05, 4.69) is 46.6 Å². The van der Waals surface area contributed by atoms with Gasteiger partial charge < -0.3 is 36.4 Å². The Morgan fingerprint density at radius 1 is 0.980 bits per heavy atom. The molecule has 16 nitrogen and oxygen atoms in total. The Hall–Kier alpha value is -5.98. The van der Waals surface area contributed by atoms with Gasteiger partial charge in [0.25, 0.3) is 5.91 Å². The van der Waals surface area contributed by atoms with E-state index in [0.29, 0.717) is 23.6 Å². The third-order valence-electron chi connectivity index (χ3n) is 7.12. The second-order valence-corrected chi connectivity index (χ2v) is 11.5. The predicted molar refractivity (Wildman–Crippen MR) is 171 cm³/mol. The van der Waals surface area contributed by atoms with Gasteiger partial charge in [0.15, 0.2) is 6.61 Å². The molecule has 4 aromatic rings. The highest BCUT2D eigenvalue weighted by Crippen LogP contribution is 2.48. The molecule has 0 aliphatic heterocycles. The Balaban J connectivity index is 1.23. The summed E-state index contributed by atoms with van der Waals surface area (Å²) < 4.78 is 44.9. The smallest absolute Gasteiger partial charge is 0.422 e. The van der Waals surface area contributed by atoms with Gasteiger partial charge in [-0.25, -0.2) is 4.79 Å². The minimum Gasteiger partial charge on any atom is -0.480 e. The number of anilines is 4. The van der Waals surface area contributed by atoms with E-state index in [1.807, 2.05) is 12.1 Å². The molecule has 0 saturated heterocycles. The lowest BCUT2D eigenvalue weighted by Crippen LogP contribution is -2.50. The Morgan fingerprint density at radius 2 is 1.66 bits per heavy atom. The van der Waals surface area contributed by atoms with E-state index in [1.165, 1.54) is 41.3 Å². The van der Waals surface area contributed by atoms with Gasteiger partial charge in [0.1, 0.15) is 6.04 Å². The van der Waals surface area contributed by atoms with Gasteiger partial charge >= 0.3 is 30.0 Å². The molecule has 6 N–H and O–H groups in total. The van der Waals surface area contributed by atoms with Crippen molar-refractivity contribution in [1.29, 1.82) is 0 Å². The van der Waals surface area contributed by atoms with E-state index in [1.54, 1.807) is 19.2 Å². The molecule has 1 atom stereocenters. The molecule has 0 radical (unpaired) electrons. The number of rotatable bonds is 13. The van der Waals surface area contributed by atoms with Crippen LogP contribution in [0.3, 0.4) is 0 Å². The number of benzene rings is 2. The first-order valence-electron chi connectivity index (χ1n) is 14.7. The largest absolute Gasteiger partial charge is 0.480 e. The van der Waals surface area contributed by atoms with Gasteiger partial charge in [0, 0.05) is 36.1 Å². The number of hydrogen-bond donors (Lipinski definition) is 6. The number of nitrogens with zero attached hydrogens (tertiary/aromatic N) is 5. The number of carboxylic acids is 1. The first kappa shape index (κ1) is 35.3. The average Bonchev–Trinajstić information content (AvgIpc) is 3.72. The van der Waals surface area contributed by atoms with Crippen molar-refractivity contribution in [1.82, 2.24) is 35.4 Å². The first-order valence-corrected chi connectivity index (χ1v) is 15.0. The lowest BCUT2D eigenvalue weighted by molar-refractivity contribution is -0.154. The van der Waals surface area contributed by atoms with Crippen LogP contribution in [0.25, 0.3) is 0 Å². The van der Waals surface area contributed by atoms with Gasteiger partial charge in [-0.2, -0.15) is 33.2 Å². The summed E-state index contributed by atoms with van der Waals surface area (Å²) in [5.74, 6) is -4.71. The number of carboxylic acid groups (broad SMARTS) is 1. The Kier molecular flexibility index (Phi) is 10.3. The van der Waals surface area contributed by atoms with E-state index in [4.69, 9.17) is 16.3 Å². The monoisotopic (exact) mass is 716 g/mol. The van der Waals surface area contributed by atoms with Gasteiger partial charge in [0.2, 0.25) is 11.9 Å². The topological polar surface area (TPSA) is 214 Å². The standard InChI is InChI=1S/C30H28ClF3N10O6/c1-44-14-20(12-36-44)37-24(47)23(46)35-13-21(25(48)49)39-22(45)16-2-8-19(9-3-16)38-26-40-27(42-28(41-26)50-15-30(32,33)34)43-29(10-11-29)17-4-6-18(31)7-5-17/h2-9,12,14,21H,10-11,13,15H2,1H3,(H,35,46)(H,37,47)(H,39,45)(H,48,49)(H2,38,40,41,42,43)/t21-/m0/s1. The summed E-state index contributed by atoms with van der Waals surface area (Å²) in [6.07, 6.45) is -0.500. The number of aryl methyl sites for hydroxylation is 1. The second-order valence-electron chi connectivity index (χ2n) is 11.0. The van der Waals surface area contributed by atoms with E-state index in [9.17, 15) is 37.5 Å². The van der Waals surface area contributed by atoms with E-state index < -0.39 is 60.6 Å². The molecule has 1 saturated carbocycles. The van der Waals surface area contributed by atoms with Crippen molar-refractivity contribution in [3.05, 3.63) is 77.1 Å². The van der Waals surface area contributed by atoms with Crippen LogP contribution in [-0.2, 0) is 27.0 Å². The van der Waals surface area contributed by atoms with Crippen molar-refractivity contribution in [2.75, 3.05) is 29.1 Å². The Labute approximate surface area is 285 Å². The molecule has 2 aromatic heterocycles. The molecule has 2 heterocycles. The van der Waals surface area contributed by atoms with Crippen molar-refractivity contribution in [2.24, 2.45) is 7.05 Å². The van der Waals surface area contributed by atoms with Crippen LogP contribution in [0.4, 0.5) is 36.4 Å². The van der Waals surface area contributed by atoms with Crippen LogP contribution < -0.4 is 31.3 Å². The van der Waals surface area contributed by atoms with E-state index in [-0.39, 0.29) is 23.1 Å². The zero-order chi connectivity index (χ0) is 36.1. The molecule has 0 spiro atoms. The lowest BCUT2D eigenvalue weighted by Gasteiger charge is -2.19. The maximum Gasteiger partial charge on any atom is 0.422 e. The molecule has 1 aliphatic rings. The number of aromatic nitrogens is 5. The van der Waals surface area contributed by atoms with Gasteiger partial charge in [0.05, 0.1) is 17.4 Å². The molecule has 3 amide bonds. The van der Waals surface area contributed by atoms with Gasteiger partial charge in [-0.3, -0.25) is 19.1 Å². The molecular formula is C30H28ClF3N10O6. The van der Waals surface area contributed by atoms with Crippen molar-refractivity contribution in [2.45, 2.75) is 30.6 Å². The van der Waals surface area contributed by atoms with Crippen LogP contribution in [0.15, 0.2) is 60.9 Å². The third kappa shape index (κ3) is 9.56. The molecule has 0 bridgehead atoms. The Morgan fingerprint density at radius 3 is 2.26 bits per heavy atom. The summed E-state index contributed by atoms with van der Waals surface area (Å²) in [6.45, 7) is -2.24. The zero-order valence-electron chi connectivity index (χ0n) is 25.9. The number of alkyl halides is 3. The number of aliphatic carboxylic acids is 1. The summed E-state index contributed by atoms with van der Waals surface area (Å²) in [5.41, 5.74) is 0.886. The van der Waals surface area contributed by atoms with Gasteiger partial charge in [-0.05, 0) is 54.8 Å². The minimum atomic E-state index is -4.65. The van der Waals surface area contributed by atoms with Gasteiger partial charge in [-0.1, -0.05) is 23.7 Å². The van der Waals surface area contributed by atoms with Crippen LogP contribution in [0.5, 0.6) is 6.01 Å². The highest BCUT2D eigenvalue weighted by atomic mass is 35.5. The van der Waals surface area contributed by atoms with Gasteiger partial charge in [-0.15, -0.1) is 0 Å². The third-order valence-corrected chi connectivity index (χ3v) is 7.37. The molecule has 5 rings (SSSR count). The molecule has 262 valence electrons. The number of carbonyl (C=O) groups is 4. The molecule has 0 unspecified atom stereocenters. The van der Waals surface area contributed by atoms with Crippen LogP contribution in [-0.4, -0.2) is 78.9 Å². The molecule has 1 aliphatic carbocycles. The average molecular weight is 717 g/mol. The summed E-state index contributed by atoms with van der Waals surface area (Å²) in [7, 11) is 1.60. The molecule has 20 heteroatoms. The fourth-order valence-corrected chi connectivity index (χ4v) is 4.62. The first-order chi connectivity index (χ1) is 23.7. The fourth-order valence-electron chi connectivity index (χ4n) is 4.50. The summed E-state index contributed by atoms with van der Waals surface area (Å²) >= 11 is 6.00. The molecule has 50 heavy (non-hydrogen) atoms. The van der Waals surface area contributed by atoms with Crippen molar-refractivity contribution < 1.29 is 42.2 Å². The van der Waals surface area contributed by atoms with Crippen LogP contribution in [0, 0.1) is 0 Å². The summed E-state index contributed by atoms with van der Waals surface area (Å²) in [5, 5.41) is 26.6. The Bertz CT molecular complexity index is 1890. The molecule has 1 fully saturated rings. The number of amides is 3. The van der Waals surface area contributed by atoms with Crippen LogP contribution in [0.2, 0.25) is 5.02 Å². The summed E-state index contributed by atoms with van der Waals surface area (Å²) in [4.78, 5) is 61.0. The minimum absolute atomic E-state index is 0.0216. The number of hydrogen-bond acceptors (Lipinski definition) is 11. The lowest BCUT2D eigenvalue weighted by atomic mass is 10.1. The SMILES string of the molecule is Cn1cc(NC(=O)C(=O)NC[C@H](NC(=O)c2ccc(Nc3nc(NC4(c5ccc(Cl)cc5)CC4)nc(OCC(F)(F)F)n3)cc2)C(=O)O)cn1. The van der Waals surface area contributed by atoms with Crippen LogP contribution in [0.1, 0.15) is 28.8 Å². The number of carbonyl (C=O) groups excluding carboxylic acids is 3. The number of nitrogens with one attached hydrogen (secondary N) is 5. The quantitative estimate of drug-likeness (QED) is 0.110. The predicted octanol–water partition coefficient (Wildman–Crippen LogP) is 2.98. The molecular weight excluding hydrogens is 689 g/mol. The maximum atomic E-state index is 12.9. The highest BCUT2D eigenvalue weighted by molar-refractivity contribution is 6.39. The van der Waals surface area contributed by atoms with Crippen molar-refractivity contribution in [3.8, 4) is 6.01 Å². The van der Waals surface area contributed by atoms with E-state index in [0.717, 1.165) is 5.56 Å². The normalized spacial score (nSPS) is 13.8. The second kappa shape index (κ2) is 14.6.